The molecule has 0 bridgehead atoms. The van der Waals surface area contributed by atoms with Crippen molar-refractivity contribution >= 4 is 5.97 Å². The third-order valence-corrected chi connectivity index (χ3v) is 14.9. The number of likely N-dealkylation sites (N-methyl/N-ethyl adjacent to an activating group) is 2. The number of carbonyl (C=O) groups is 1. The molecule has 2 unspecified atom stereocenters. The van der Waals surface area contributed by atoms with E-state index in [1.807, 2.05) is 0 Å². The van der Waals surface area contributed by atoms with Crippen LogP contribution in [0.4, 0.5) is 0 Å². The number of piperidine rings is 2. The molecular formula is C36H64Br2N2O3. The van der Waals surface area contributed by atoms with Crippen molar-refractivity contribution in [2.45, 2.75) is 148 Å². The molecule has 6 aliphatic rings. The van der Waals surface area contributed by atoms with Gasteiger partial charge in [-0.15, -0.1) is 0 Å². The average molecular weight is 733 g/mol. The molecule has 250 valence electrons. The number of nitrogens with zero attached hydrogens (tertiary/aromatic N) is 2. The Morgan fingerprint density at radius 2 is 1.42 bits per heavy atom. The van der Waals surface area contributed by atoms with E-state index in [1.165, 1.54) is 103 Å². The number of unbranched alkanes of at least 4 members (excludes halogenated alkanes) is 1. The van der Waals surface area contributed by atoms with Crippen molar-refractivity contribution in [3.05, 3.63) is 0 Å². The summed E-state index contributed by atoms with van der Waals surface area (Å²) in [5.41, 5.74) is 0.414. The number of likely N-dealkylation sites (tertiary alicyclic amines) is 2. The van der Waals surface area contributed by atoms with Gasteiger partial charge < -0.3 is 52.8 Å². The minimum atomic E-state index is -0.147. The van der Waals surface area contributed by atoms with Gasteiger partial charge in [0.2, 0.25) is 0 Å². The Hall–Kier alpha value is 0.310. The largest absolute Gasteiger partial charge is 1.00 e. The van der Waals surface area contributed by atoms with Crippen molar-refractivity contribution < 1.29 is 57.6 Å². The maximum atomic E-state index is 13.0. The molecule has 1 N–H and O–H groups in total. The first kappa shape index (κ1) is 36.2. The van der Waals surface area contributed by atoms with Gasteiger partial charge in [0.15, 0.2) is 6.10 Å². The normalized spacial score (nSPS) is 44.9. The molecule has 4 saturated carbocycles. The molecule has 6 rings (SSSR count). The summed E-state index contributed by atoms with van der Waals surface area (Å²) in [5.74, 6) is 2.89. The highest BCUT2D eigenvalue weighted by atomic mass is 79.9. The molecule has 0 amide bonds. The molecule has 4 aliphatic carbocycles. The highest BCUT2D eigenvalue weighted by Gasteiger charge is 2.66. The fourth-order valence-corrected chi connectivity index (χ4v) is 12.3. The Balaban J connectivity index is 0.00000212. The van der Waals surface area contributed by atoms with Gasteiger partial charge in [0.1, 0.15) is 18.2 Å². The molecule has 0 spiro atoms. The zero-order valence-corrected chi connectivity index (χ0v) is 31.3. The number of carbonyl (C=O) groups excluding carboxylic acids is 1. The second-order valence-corrected chi connectivity index (χ2v) is 17.1. The van der Waals surface area contributed by atoms with Crippen molar-refractivity contribution in [3.8, 4) is 0 Å². The molecule has 10 atom stereocenters. The van der Waals surface area contributed by atoms with E-state index < -0.39 is 0 Å². The maximum absolute atomic E-state index is 13.0. The summed E-state index contributed by atoms with van der Waals surface area (Å²) in [5, 5.41) is 12.0. The summed E-state index contributed by atoms with van der Waals surface area (Å²) in [7, 11) is 4.97. The van der Waals surface area contributed by atoms with Gasteiger partial charge in [-0.2, -0.15) is 0 Å². The lowest BCUT2D eigenvalue weighted by Crippen LogP contribution is -3.00. The number of rotatable bonds is 6. The molecule has 43 heavy (non-hydrogen) atoms. The summed E-state index contributed by atoms with van der Waals surface area (Å²) in [6.45, 7) is 12.3. The molecule has 2 aliphatic heterocycles. The van der Waals surface area contributed by atoms with Crippen molar-refractivity contribution in [1.82, 2.24) is 0 Å². The molecule has 5 nitrogen and oxygen atoms in total. The van der Waals surface area contributed by atoms with E-state index in [1.54, 1.807) is 0 Å². The number of hydrogen-bond acceptors (Lipinski definition) is 3. The topological polar surface area (TPSA) is 46.5 Å². The maximum Gasteiger partial charge on any atom is 0.306 e. The van der Waals surface area contributed by atoms with Crippen LogP contribution in [0.5, 0.6) is 0 Å². The van der Waals surface area contributed by atoms with Gasteiger partial charge in [0, 0.05) is 24.7 Å². The minimum Gasteiger partial charge on any atom is -1.00 e. The minimum absolute atomic E-state index is 0. The lowest BCUT2D eigenvalue weighted by Gasteiger charge is -2.63. The van der Waals surface area contributed by atoms with Crippen LogP contribution in [0, 0.1) is 34.5 Å². The quantitative estimate of drug-likeness (QED) is 0.324. The summed E-state index contributed by atoms with van der Waals surface area (Å²) < 4.78 is 8.69. The zero-order valence-electron chi connectivity index (χ0n) is 28.2. The standard InChI is InChI=1S/C36H64N2O3.2BrH/c1-6-7-14-33(39)41-32-23-26-15-16-27-28(36(26,3)25-31(32)38(5)21-12-9-13-22-38)17-18-35(2)29(27)24-30(34(35)40)37(4)19-10-8-11-20-37;;/h26-32,34,40H,6-25H2,1-5H3;2*1H/q+2;;/p-2/t26-,27+,28-,29-,30?,31?,32-,34-,35-,36-;;/m0../s1. The summed E-state index contributed by atoms with van der Waals surface area (Å²) in [6.07, 6.45) is 19.2. The first-order valence-corrected chi connectivity index (χ1v) is 18.1. The van der Waals surface area contributed by atoms with E-state index in [4.69, 9.17) is 4.74 Å². The Bertz CT molecular complexity index is 953. The molecule has 0 aromatic carbocycles. The fraction of sp³-hybridized carbons (Fsp3) is 0.972. The van der Waals surface area contributed by atoms with Crippen LogP contribution in [0.25, 0.3) is 0 Å². The van der Waals surface area contributed by atoms with Crippen molar-refractivity contribution in [2.75, 3.05) is 40.3 Å². The zero-order chi connectivity index (χ0) is 29.0. The molecule has 7 heteroatoms. The predicted molar refractivity (Wildman–Crippen MR) is 165 cm³/mol. The Morgan fingerprint density at radius 1 is 0.814 bits per heavy atom. The van der Waals surface area contributed by atoms with E-state index in [0.29, 0.717) is 35.8 Å². The van der Waals surface area contributed by atoms with E-state index >= 15 is 0 Å². The van der Waals surface area contributed by atoms with Crippen LogP contribution in [0.3, 0.4) is 0 Å². The molecule has 0 aromatic rings. The third-order valence-electron chi connectivity index (χ3n) is 14.9. The van der Waals surface area contributed by atoms with Gasteiger partial charge in [-0.1, -0.05) is 27.2 Å². The van der Waals surface area contributed by atoms with Gasteiger partial charge in [-0.05, 0) is 106 Å². The van der Waals surface area contributed by atoms with E-state index in [9.17, 15) is 9.90 Å². The van der Waals surface area contributed by atoms with Crippen LogP contribution >= 0.6 is 0 Å². The Morgan fingerprint density at radius 3 is 2.02 bits per heavy atom. The smallest absolute Gasteiger partial charge is 0.306 e. The van der Waals surface area contributed by atoms with Gasteiger partial charge >= 0.3 is 5.97 Å². The highest BCUT2D eigenvalue weighted by Crippen LogP contribution is 2.67. The number of aliphatic hydroxyl groups excluding tert-OH is 1. The van der Waals surface area contributed by atoms with Gasteiger partial charge in [0.25, 0.3) is 0 Å². The molecular weight excluding hydrogens is 668 g/mol. The van der Waals surface area contributed by atoms with Crippen molar-refractivity contribution in [3.63, 3.8) is 0 Å². The SMILES string of the molecule is CCCCC(=O)O[C@H]1C[C@@H]2CC[C@@H]3[C@H](CC[C@]4(C)[C@@H](O)C([N+]5(C)CCCCC5)C[C@@H]34)[C@@]2(C)CC1[N+]1(C)CCCCC1.[Br-].[Br-]. The van der Waals surface area contributed by atoms with Crippen LogP contribution in [0.1, 0.15) is 124 Å². The number of ether oxygens (including phenoxy) is 1. The first-order valence-electron chi connectivity index (χ1n) is 18.1. The second kappa shape index (κ2) is 13.8. The Kier molecular flexibility index (Phi) is 11.6. The van der Waals surface area contributed by atoms with Crippen LogP contribution < -0.4 is 34.0 Å². The number of hydrogen-bond donors (Lipinski definition) is 1. The van der Waals surface area contributed by atoms with Crippen molar-refractivity contribution in [2.24, 2.45) is 34.5 Å². The van der Waals surface area contributed by atoms with Crippen LogP contribution in [-0.4, -0.2) is 84.6 Å². The van der Waals surface area contributed by atoms with Gasteiger partial charge in [0.05, 0.1) is 40.3 Å². The van der Waals surface area contributed by atoms with Gasteiger partial charge in [-0.3, -0.25) is 4.79 Å². The van der Waals surface area contributed by atoms with E-state index in [0.717, 1.165) is 40.1 Å². The molecule has 2 heterocycles. The predicted octanol–water partition coefficient (Wildman–Crippen LogP) is 0.718. The first-order chi connectivity index (χ1) is 19.5. The fourth-order valence-electron chi connectivity index (χ4n) is 12.3. The van der Waals surface area contributed by atoms with E-state index in [2.05, 4.69) is 34.9 Å². The van der Waals surface area contributed by atoms with Crippen LogP contribution in [-0.2, 0) is 9.53 Å². The summed E-state index contributed by atoms with van der Waals surface area (Å²) >= 11 is 0. The summed E-state index contributed by atoms with van der Waals surface area (Å²) in [4.78, 5) is 13.0. The number of aliphatic hydroxyl groups is 1. The van der Waals surface area contributed by atoms with Crippen LogP contribution in [0.15, 0.2) is 0 Å². The van der Waals surface area contributed by atoms with Gasteiger partial charge in [-0.25, -0.2) is 0 Å². The Labute approximate surface area is 285 Å². The molecule has 2 saturated heterocycles. The summed E-state index contributed by atoms with van der Waals surface area (Å²) in [6, 6.07) is 0.868. The molecule has 6 fully saturated rings. The number of esters is 1. The lowest BCUT2D eigenvalue weighted by molar-refractivity contribution is -0.943. The third kappa shape index (κ3) is 6.32. The number of halogens is 2. The average Bonchev–Trinajstić information content (AvgIpc) is 3.24. The monoisotopic (exact) mass is 730 g/mol. The van der Waals surface area contributed by atoms with E-state index in [-0.39, 0.29) is 57.6 Å². The number of fused-ring (bicyclic) bond motifs is 5. The number of quaternary nitrogens is 2. The van der Waals surface area contributed by atoms with Crippen molar-refractivity contribution in [1.29, 1.82) is 0 Å². The lowest BCUT2D eigenvalue weighted by atomic mass is 9.44. The second-order valence-electron chi connectivity index (χ2n) is 17.1. The van der Waals surface area contributed by atoms with Crippen LogP contribution in [0.2, 0.25) is 0 Å². The molecule has 0 aromatic heterocycles. The molecule has 0 radical (unpaired) electrons. The highest BCUT2D eigenvalue weighted by molar-refractivity contribution is 5.69.